The molecule has 0 aliphatic carbocycles. The van der Waals surface area contributed by atoms with Crippen LogP contribution >= 0.6 is 0 Å². The fraction of sp³-hybridized carbons (Fsp3) is 0.429. The Labute approximate surface area is 115 Å². The van der Waals surface area contributed by atoms with Gasteiger partial charge in [-0.3, -0.25) is 4.18 Å². The Morgan fingerprint density at radius 1 is 1.42 bits per heavy atom. The fourth-order valence-corrected chi connectivity index (χ4v) is 2.54. The summed E-state index contributed by atoms with van der Waals surface area (Å²) in [6.07, 6.45) is 6.44. The van der Waals surface area contributed by atoms with E-state index in [9.17, 15) is 8.42 Å². The van der Waals surface area contributed by atoms with Gasteiger partial charge in [0.25, 0.3) is 10.1 Å². The van der Waals surface area contributed by atoms with Gasteiger partial charge in [-0.2, -0.15) is 8.42 Å². The van der Waals surface area contributed by atoms with Crippen molar-refractivity contribution >= 4 is 15.8 Å². The van der Waals surface area contributed by atoms with E-state index in [4.69, 9.17) is 10.6 Å². The summed E-state index contributed by atoms with van der Waals surface area (Å²) >= 11 is 0. The average molecular weight is 281 g/mol. The molecule has 0 radical (unpaired) electrons. The predicted molar refractivity (Wildman–Crippen MR) is 77.5 cm³/mol. The molecule has 1 rings (SSSR count). The van der Waals surface area contributed by atoms with Gasteiger partial charge in [0.2, 0.25) is 0 Å². The lowest BCUT2D eigenvalue weighted by atomic mass is 10.0. The first kappa shape index (κ1) is 15.5. The van der Waals surface area contributed by atoms with Gasteiger partial charge in [-0.1, -0.05) is 31.0 Å². The summed E-state index contributed by atoms with van der Waals surface area (Å²) in [5, 5.41) is 0. The zero-order valence-electron chi connectivity index (χ0n) is 11.5. The molecule has 0 spiro atoms. The van der Waals surface area contributed by atoms with Crippen LogP contribution in [0, 0.1) is 12.3 Å². The Hall–Kier alpha value is -1.51. The van der Waals surface area contributed by atoms with Gasteiger partial charge in [-0.25, -0.2) is 0 Å². The summed E-state index contributed by atoms with van der Waals surface area (Å²) in [6.45, 7) is 2.33. The van der Waals surface area contributed by atoms with Crippen LogP contribution in [0.3, 0.4) is 0 Å². The highest BCUT2D eigenvalue weighted by Gasteiger charge is 2.20. The Kier molecular flexibility index (Phi) is 5.40. The summed E-state index contributed by atoms with van der Waals surface area (Å²) in [5.74, 6) is 2.57. The van der Waals surface area contributed by atoms with E-state index in [2.05, 4.69) is 5.92 Å². The number of anilines is 1. The van der Waals surface area contributed by atoms with Gasteiger partial charge in [0, 0.05) is 18.3 Å². The second kappa shape index (κ2) is 6.60. The maximum atomic E-state index is 11.3. The molecule has 0 aromatic heterocycles. The lowest BCUT2D eigenvalue weighted by molar-refractivity contribution is 0.211. The third-order valence-corrected chi connectivity index (χ3v) is 3.27. The molecule has 5 heteroatoms. The van der Waals surface area contributed by atoms with E-state index >= 15 is 0 Å². The van der Waals surface area contributed by atoms with E-state index in [1.807, 2.05) is 43.1 Å². The SMILES string of the molecule is C#CCN(C)c1ccccc1C(CC)OS(C)(=O)=O. The number of para-hydroxylation sites is 1. The third-order valence-electron chi connectivity index (χ3n) is 2.69. The summed E-state index contributed by atoms with van der Waals surface area (Å²) in [7, 11) is -1.63. The average Bonchev–Trinajstić information content (AvgIpc) is 2.35. The standard InChI is InChI=1S/C14H19NO3S/c1-5-11-15(3)13-10-8-7-9-12(13)14(6-2)18-19(4,16)17/h1,7-10,14H,6,11H2,2-4H3. The number of benzene rings is 1. The summed E-state index contributed by atoms with van der Waals surface area (Å²) in [5.41, 5.74) is 1.71. The number of hydrogen-bond acceptors (Lipinski definition) is 4. The van der Waals surface area contributed by atoms with Crippen LogP contribution in [0.2, 0.25) is 0 Å². The Morgan fingerprint density at radius 2 is 2.05 bits per heavy atom. The minimum atomic E-state index is -3.50. The van der Waals surface area contributed by atoms with Gasteiger partial charge >= 0.3 is 0 Å². The lowest BCUT2D eigenvalue weighted by Gasteiger charge is -2.24. The summed E-state index contributed by atoms with van der Waals surface area (Å²) in [6, 6.07) is 7.51. The van der Waals surface area contributed by atoms with Crippen LogP contribution in [-0.2, 0) is 14.3 Å². The zero-order chi connectivity index (χ0) is 14.5. The minimum absolute atomic E-state index is 0.451. The van der Waals surface area contributed by atoms with Gasteiger partial charge in [0.05, 0.1) is 12.8 Å². The largest absolute Gasteiger partial charge is 0.363 e. The van der Waals surface area contributed by atoms with E-state index in [-0.39, 0.29) is 0 Å². The summed E-state index contributed by atoms with van der Waals surface area (Å²) < 4.78 is 27.8. The van der Waals surface area contributed by atoms with Crippen molar-refractivity contribution in [2.75, 3.05) is 24.7 Å². The molecule has 0 aliphatic rings. The Morgan fingerprint density at radius 3 is 2.58 bits per heavy atom. The van der Waals surface area contributed by atoms with Crippen molar-refractivity contribution in [2.45, 2.75) is 19.4 Å². The molecule has 104 valence electrons. The highest BCUT2D eigenvalue weighted by Crippen LogP contribution is 2.31. The van der Waals surface area contributed by atoms with Crippen LogP contribution < -0.4 is 4.90 Å². The van der Waals surface area contributed by atoms with Crippen LogP contribution in [0.5, 0.6) is 0 Å². The van der Waals surface area contributed by atoms with Crippen LogP contribution in [0.15, 0.2) is 24.3 Å². The molecule has 0 fully saturated rings. The molecule has 0 bridgehead atoms. The maximum Gasteiger partial charge on any atom is 0.264 e. The monoisotopic (exact) mass is 281 g/mol. The first-order valence-electron chi connectivity index (χ1n) is 6.00. The molecule has 0 saturated carbocycles. The molecule has 1 unspecified atom stereocenters. The molecular formula is C14H19NO3S. The number of terminal acetylenes is 1. The fourth-order valence-electron chi connectivity index (χ4n) is 1.88. The highest BCUT2D eigenvalue weighted by atomic mass is 32.2. The second-order valence-electron chi connectivity index (χ2n) is 4.32. The molecule has 0 amide bonds. The molecule has 0 saturated heterocycles. The van der Waals surface area contributed by atoms with Crippen molar-refractivity contribution in [1.29, 1.82) is 0 Å². The van der Waals surface area contributed by atoms with Crippen molar-refractivity contribution < 1.29 is 12.6 Å². The van der Waals surface area contributed by atoms with E-state index < -0.39 is 16.2 Å². The number of nitrogens with zero attached hydrogens (tertiary/aromatic N) is 1. The van der Waals surface area contributed by atoms with E-state index in [1.54, 1.807) is 0 Å². The van der Waals surface area contributed by atoms with E-state index in [0.29, 0.717) is 13.0 Å². The van der Waals surface area contributed by atoms with Crippen LogP contribution in [0.4, 0.5) is 5.69 Å². The van der Waals surface area contributed by atoms with Crippen LogP contribution in [0.1, 0.15) is 25.0 Å². The molecule has 19 heavy (non-hydrogen) atoms. The zero-order valence-corrected chi connectivity index (χ0v) is 12.3. The maximum absolute atomic E-state index is 11.3. The normalized spacial score (nSPS) is 12.7. The highest BCUT2D eigenvalue weighted by molar-refractivity contribution is 7.86. The third kappa shape index (κ3) is 4.58. The van der Waals surface area contributed by atoms with Crippen molar-refractivity contribution in [3.63, 3.8) is 0 Å². The molecule has 0 N–H and O–H groups in total. The van der Waals surface area contributed by atoms with Crippen LogP contribution in [-0.4, -0.2) is 28.3 Å². The molecule has 1 aromatic rings. The molecular weight excluding hydrogens is 262 g/mol. The quantitative estimate of drug-likeness (QED) is 0.592. The van der Waals surface area contributed by atoms with Crippen molar-refractivity contribution in [3.05, 3.63) is 29.8 Å². The van der Waals surface area contributed by atoms with Gasteiger partial charge in [0.15, 0.2) is 0 Å². The van der Waals surface area contributed by atoms with E-state index in [0.717, 1.165) is 17.5 Å². The first-order chi connectivity index (χ1) is 8.89. The molecule has 1 atom stereocenters. The van der Waals surface area contributed by atoms with Gasteiger partial charge in [-0.05, 0) is 12.5 Å². The molecule has 1 aromatic carbocycles. The number of hydrogen-bond donors (Lipinski definition) is 0. The Bertz CT molecular complexity index is 560. The van der Waals surface area contributed by atoms with Gasteiger partial charge < -0.3 is 4.90 Å². The predicted octanol–water partition coefficient (Wildman–Crippen LogP) is 2.18. The minimum Gasteiger partial charge on any atom is -0.363 e. The van der Waals surface area contributed by atoms with Gasteiger partial charge in [-0.15, -0.1) is 6.42 Å². The topological polar surface area (TPSA) is 46.6 Å². The Balaban J connectivity index is 3.14. The first-order valence-corrected chi connectivity index (χ1v) is 7.82. The van der Waals surface area contributed by atoms with E-state index in [1.165, 1.54) is 0 Å². The molecule has 0 heterocycles. The van der Waals surface area contributed by atoms with Crippen molar-refractivity contribution in [2.24, 2.45) is 0 Å². The molecule has 4 nitrogen and oxygen atoms in total. The molecule has 0 aliphatic heterocycles. The van der Waals surface area contributed by atoms with Crippen molar-refractivity contribution in [3.8, 4) is 12.3 Å². The van der Waals surface area contributed by atoms with Crippen LogP contribution in [0.25, 0.3) is 0 Å². The number of rotatable bonds is 6. The lowest BCUT2D eigenvalue weighted by Crippen LogP contribution is -2.20. The second-order valence-corrected chi connectivity index (χ2v) is 5.92. The van der Waals surface area contributed by atoms with Crippen molar-refractivity contribution in [1.82, 2.24) is 0 Å². The summed E-state index contributed by atoms with van der Waals surface area (Å²) in [4.78, 5) is 1.89. The van der Waals surface area contributed by atoms with Gasteiger partial charge in [0.1, 0.15) is 6.10 Å². The smallest absolute Gasteiger partial charge is 0.264 e.